The van der Waals surface area contributed by atoms with Crippen LogP contribution in [0.25, 0.3) is 34.9 Å². The second kappa shape index (κ2) is 20.5. The lowest BCUT2D eigenvalue weighted by molar-refractivity contribution is 1.09. The van der Waals surface area contributed by atoms with Crippen molar-refractivity contribution < 1.29 is 0 Å². The quantitative estimate of drug-likeness (QED) is 0.168. The van der Waals surface area contributed by atoms with Gasteiger partial charge in [0, 0.05) is 0 Å². The van der Waals surface area contributed by atoms with Crippen LogP contribution in [-0.4, -0.2) is 0 Å². The van der Waals surface area contributed by atoms with Gasteiger partial charge in [-0.3, -0.25) is 0 Å². The highest BCUT2D eigenvalue weighted by Crippen LogP contribution is 2.37. The maximum absolute atomic E-state index is 2.36. The van der Waals surface area contributed by atoms with Crippen molar-refractivity contribution in [3.8, 4) is 0 Å². The molecule has 0 atom stereocenters. The maximum atomic E-state index is 2.36. The van der Waals surface area contributed by atoms with E-state index >= 15 is 0 Å². The van der Waals surface area contributed by atoms with Gasteiger partial charge in [0.25, 0.3) is 0 Å². The molecule has 6 aromatic rings. The first kappa shape index (κ1) is 44.6. The first-order chi connectivity index (χ1) is 28.4. The van der Waals surface area contributed by atoms with Crippen LogP contribution in [0, 0.1) is 62.3 Å². The van der Waals surface area contributed by atoms with Gasteiger partial charge in [0.05, 0.1) is 0 Å². The third-order valence-electron chi connectivity index (χ3n) is 11.8. The van der Waals surface area contributed by atoms with Gasteiger partial charge >= 0.3 is 0 Å². The summed E-state index contributed by atoms with van der Waals surface area (Å²) in [5.41, 5.74) is 29.6. The highest BCUT2D eigenvalue weighted by Gasteiger charge is 2.20. The van der Waals surface area contributed by atoms with Crippen molar-refractivity contribution in [1.29, 1.82) is 0 Å². The van der Waals surface area contributed by atoms with E-state index in [1.54, 1.807) is 0 Å². The zero-order valence-electron chi connectivity index (χ0n) is 38.5. The standard InChI is InChI=1S/3C18H18.C3H8.C2H6/c3*1-12-4-8-15(9-5-12)16-10-17-13(2)6-7-14(3)18(17)11-16;1-3-2;1-2/h3*4-10H,11H2,1-3H3;3H2,1-2H3;1-2H3. The van der Waals surface area contributed by atoms with Crippen LogP contribution in [0.2, 0.25) is 0 Å². The minimum absolute atomic E-state index is 1.08. The predicted octanol–water partition coefficient (Wildman–Crippen LogP) is 16.6. The number of aryl methyl sites for hydroxylation is 9. The Morgan fingerprint density at radius 2 is 0.508 bits per heavy atom. The van der Waals surface area contributed by atoms with Crippen LogP contribution in [0.15, 0.2) is 109 Å². The lowest BCUT2D eigenvalue weighted by atomic mass is 9.98. The fraction of sp³-hybridized carbons (Fsp3) is 0.288. The van der Waals surface area contributed by atoms with Crippen LogP contribution in [0.3, 0.4) is 0 Å². The molecule has 0 spiro atoms. The van der Waals surface area contributed by atoms with Gasteiger partial charge in [0.2, 0.25) is 0 Å². The molecule has 0 heterocycles. The highest BCUT2D eigenvalue weighted by molar-refractivity contribution is 5.92. The molecule has 0 fully saturated rings. The summed E-state index contributed by atoms with van der Waals surface area (Å²) >= 11 is 0. The zero-order chi connectivity index (χ0) is 42.8. The molecule has 0 heteroatoms. The topological polar surface area (TPSA) is 0 Å². The van der Waals surface area contributed by atoms with E-state index in [0.717, 1.165) is 19.3 Å². The van der Waals surface area contributed by atoms with Crippen molar-refractivity contribution in [2.45, 2.75) is 116 Å². The lowest BCUT2D eigenvalue weighted by Gasteiger charge is -2.06. The summed E-state index contributed by atoms with van der Waals surface area (Å²) < 4.78 is 0. The van der Waals surface area contributed by atoms with E-state index in [2.05, 4.69) is 204 Å². The van der Waals surface area contributed by atoms with Crippen LogP contribution in [-0.2, 0) is 19.3 Å². The van der Waals surface area contributed by atoms with Crippen LogP contribution in [0.1, 0.15) is 134 Å². The Labute approximate surface area is 358 Å². The smallest absolute Gasteiger partial charge is 0.00109 e. The molecule has 3 aliphatic carbocycles. The van der Waals surface area contributed by atoms with Gasteiger partial charge in [0.1, 0.15) is 0 Å². The Morgan fingerprint density at radius 1 is 0.305 bits per heavy atom. The van der Waals surface area contributed by atoms with E-state index in [9.17, 15) is 0 Å². The summed E-state index contributed by atoms with van der Waals surface area (Å²) in [6, 6.07) is 39.9. The first-order valence-corrected chi connectivity index (χ1v) is 22.0. The molecule has 0 aromatic heterocycles. The molecule has 0 saturated carbocycles. The lowest BCUT2D eigenvalue weighted by Crippen LogP contribution is -1.91. The molecular weight excluding hydrogens is 709 g/mol. The van der Waals surface area contributed by atoms with Gasteiger partial charge in [-0.1, -0.05) is 178 Å². The maximum Gasteiger partial charge on any atom is -0.00109 e. The molecule has 0 radical (unpaired) electrons. The summed E-state index contributed by atoms with van der Waals surface area (Å²) in [6.07, 6.45) is 11.6. The summed E-state index contributed by atoms with van der Waals surface area (Å²) in [5.74, 6) is 0. The summed E-state index contributed by atoms with van der Waals surface area (Å²) in [6.45, 7) is 27.9. The Kier molecular flexibility index (Phi) is 15.5. The van der Waals surface area contributed by atoms with Crippen LogP contribution < -0.4 is 0 Å². The van der Waals surface area contributed by atoms with Crippen LogP contribution >= 0.6 is 0 Å². The van der Waals surface area contributed by atoms with Gasteiger partial charge in [-0.25, -0.2) is 0 Å². The Balaban J connectivity index is 0.000000159. The molecule has 0 nitrogen and oxygen atoms in total. The first-order valence-electron chi connectivity index (χ1n) is 22.0. The van der Waals surface area contributed by atoms with Crippen LogP contribution in [0.5, 0.6) is 0 Å². The van der Waals surface area contributed by atoms with Gasteiger partial charge < -0.3 is 0 Å². The number of benzene rings is 6. The van der Waals surface area contributed by atoms with E-state index in [1.165, 1.54) is 123 Å². The van der Waals surface area contributed by atoms with E-state index in [0.29, 0.717) is 0 Å². The number of hydrogen-bond acceptors (Lipinski definition) is 0. The number of hydrogen-bond donors (Lipinski definition) is 0. The number of fused-ring (bicyclic) bond motifs is 3. The largest absolute Gasteiger partial charge is 0.0683 e. The third-order valence-corrected chi connectivity index (χ3v) is 11.8. The van der Waals surface area contributed by atoms with Crippen molar-refractivity contribution in [2.24, 2.45) is 0 Å². The molecule has 0 unspecified atom stereocenters. The van der Waals surface area contributed by atoms with Crippen molar-refractivity contribution in [3.63, 3.8) is 0 Å². The van der Waals surface area contributed by atoms with Crippen LogP contribution in [0.4, 0.5) is 0 Å². The highest BCUT2D eigenvalue weighted by atomic mass is 14.2. The average Bonchev–Trinajstić information content (AvgIpc) is 4.02. The second-order valence-corrected chi connectivity index (χ2v) is 16.6. The number of allylic oxidation sites excluding steroid dienone is 3. The van der Waals surface area contributed by atoms with Gasteiger partial charge in [-0.15, -0.1) is 0 Å². The molecule has 304 valence electrons. The molecule has 9 rings (SSSR count). The van der Waals surface area contributed by atoms with E-state index in [-0.39, 0.29) is 0 Å². The fourth-order valence-electron chi connectivity index (χ4n) is 8.09. The van der Waals surface area contributed by atoms with E-state index < -0.39 is 0 Å². The summed E-state index contributed by atoms with van der Waals surface area (Å²) in [5, 5.41) is 0. The van der Waals surface area contributed by atoms with Gasteiger partial charge in [-0.2, -0.15) is 0 Å². The zero-order valence-corrected chi connectivity index (χ0v) is 38.5. The Hall–Kier alpha value is -5.46. The molecule has 0 saturated heterocycles. The SMILES string of the molecule is CC.CCC.Cc1ccc(C2=Cc3c(C)ccc(C)c3C2)cc1.Cc1ccc(C2=Cc3c(C)ccc(C)c3C2)cc1.Cc1ccc(C2=Cc3c(C)ccc(C)c3C2)cc1. The summed E-state index contributed by atoms with van der Waals surface area (Å²) in [7, 11) is 0. The van der Waals surface area contributed by atoms with Crippen molar-refractivity contribution >= 4 is 34.9 Å². The molecule has 3 aliphatic rings. The van der Waals surface area contributed by atoms with E-state index in [1.807, 2.05) is 13.8 Å². The molecule has 6 aromatic carbocycles. The van der Waals surface area contributed by atoms with Gasteiger partial charge in [0.15, 0.2) is 0 Å². The minimum atomic E-state index is 1.08. The number of rotatable bonds is 3. The predicted molar refractivity (Wildman–Crippen MR) is 263 cm³/mol. The third kappa shape index (κ3) is 10.8. The molecular formula is C59H68. The fourth-order valence-corrected chi connectivity index (χ4v) is 8.09. The molecule has 0 bridgehead atoms. The molecule has 59 heavy (non-hydrogen) atoms. The minimum Gasteiger partial charge on any atom is -0.0683 e. The van der Waals surface area contributed by atoms with Crippen molar-refractivity contribution in [1.82, 2.24) is 0 Å². The van der Waals surface area contributed by atoms with Crippen molar-refractivity contribution in [2.75, 3.05) is 0 Å². The summed E-state index contributed by atoms with van der Waals surface area (Å²) in [4.78, 5) is 0. The molecule has 0 amide bonds. The van der Waals surface area contributed by atoms with Crippen molar-refractivity contribution in [3.05, 3.63) is 209 Å². The normalized spacial score (nSPS) is 12.7. The molecule has 0 aliphatic heterocycles. The molecule has 0 N–H and O–H groups in total. The Morgan fingerprint density at radius 3 is 0.712 bits per heavy atom. The average molecular weight is 777 g/mol. The Bertz CT molecular complexity index is 2180. The second-order valence-electron chi connectivity index (χ2n) is 16.6. The van der Waals surface area contributed by atoms with Gasteiger partial charge in [-0.05, 0) is 182 Å². The van der Waals surface area contributed by atoms with E-state index in [4.69, 9.17) is 0 Å². The monoisotopic (exact) mass is 777 g/mol.